The molecule has 2 N–H and O–H groups in total. The van der Waals surface area contributed by atoms with E-state index in [9.17, 15) is 23.1 Å². The number of benzene rings is 1. The van der Waals surface area contributed by atoms with Crippen LogP contribution >= 0.6 is 0 Å². The summed E-state index contributed by atoms with van der Waals surface area (Å²) in [5, 5.41) is 21.7. The van der Waals surface area contributed by atoms with Gasteiger partial charge >= 0.3 is 24.0 Å². The van der Waals surface area contributed by atoms with E-state index in [1.807, 2.05) is 0 Å². The molecular weight excluding hydrogens is 425 g/mol. The summed E-state index contributed by atoms with van der Waals surface area (Å²) in [5.74, 6) is -3.25. The molecule has 0 bridgehead atoms. The number of aromatic carboxylic acids is 1. The lowest BCUT2D eigenvalue weighted by Crippen LogP contribution is -2.12. The molecule has 0 saturated heterocycles. The molecule has 31 heavy (non-hydrogen) atoms. The summed E-state index contributed by atoms with van der Waals surface area (Å²) in [6, 6.07) is 2.88. The van der Waals surface area contributed by atoms with Crippen molar-refractivity contribution < 1.29 is 42.2 Å². The van der Waals surface area contributed by atoms with Crippen LogP contribution in [0.5, 0.6) is 17.6 Å². The van der Waals surface area contributed by atoms with Gasteiger partial charge in [0.2, 0.25) is 11.7 Å². The predicted molar refractivity (Wildman–Crippen MR) is 95.9 cm³/mol. The van der Waals surface area contributed by atoms with Gasteiger partial charge in [-0.25, -0.2) is 9.78 Å². The molecular formula is C18H15F3N4O6. The van der Waals surface area contributed by atoms with E-state index in [2.05, 4.69) is 24.6 Å². The second kappa shape index (κ2) is 8.45. The Morgan fingerprint density at radius 1 is 1.13 bits per heavy atom. The Morgan fingerprint density at radius 3 is 2.32 bits per heavy atom. The molecule has 1 aromatic carbocycles. The molecule has 0 fully saturated rings. The zero-order valence-corrected chi connectivity index (χ0v) is 16.1. The Labute approximate surface area is 172 Å². The van der Waals surface area contributed by atoms with Gasteiger partial charge in [0.1, 0.15) is 24.5 Å². The fourth-order valence-electron chi connectivity index (χ4n) is 2.62. The van der Waals surface area contributed by atoms with E-state index in [0.717, 1.165) is 6.20 Å². The Kier molecular flexibility index (Phi) is 5.95. The van der Waals surface area contributed by atoms with Crippen LogP contribution in [0.15, 0.2) is 22.9 Å². The average molecular weight is 440 g/mol. The highest BCUT2D eigenvalue weighted by Crippen LogP contribution is 2.32. The number of hydrogen-bond donors (Lipinski definition) is 2. The molecule has 0 atom stereocenters. The molecule has 0 aliphatic rings. The van der Waals surface area contributed by atoms with Crippen molar-refractivity contribution in [2.45, 2.75) is 20.0 Å². The summed E-state index contributed by atoms with van der Waals surface area (Å²) in [7, 11) is 0. The van der Waals surface area contributed by atoms with Crippen LogP contribution in [0.3, 0.4) is 0 Å². The molecule has 0 aliphatic carbocycles. The highest BCUT2D eigenvalue weighted by molar-refractivity contribution is 5.89. The number of hydrogen-bond acceptors (Lipinski definition) is 9. The zero-order valence-electron chi connectivity index (χ0n) is 16.1. The summed E-state index contributed by atoms with van der Waals surface area (Å²) >= 11 is 0. The van der Waals surface area contributed by atoms with Crippen molar-refractivity contribution in [1.29, 1.82) is 0 Å². The number of rotatable bonds is 7. The van der Waals surface area contributed by atoms with Crippen molar-refractivity contribution in [3.63, 3.8) is 0 Å². The van der Waals surface area contributed by atoms with Gasteiger partial charge in [-0.3, -0.25) is 0 Å². The molecule has 0 radical (unpaired) electrons. The van der Waals surface area contributed by atoms with E-state index in [1.54, 1.807) is 26.0 Å². The number of carbonyl (C=O) groups is 1. The van der Waals surface area contributed by atoms with Gasteiger partial charge in [0.25, 0.3) is 0 Å². The third-order valence-corrected chi connectivity index (χ3v) is 3.92. The third-order valence-electron chi connectivity index (χ3n) is 3.92. The molecule has 2 aromatic heterocycles. The van der Waals surface area contributed by atoms with Gasteiger partial charge in [-0.1, -0.05) is 5.16 Å². The predicted octanol–water partition coefficient (Wildman–Crippen LogP) is 3.02. The lowest BCUT2D eigenvalue weighted by molar-refractivity contribution is -0.159. The van der Waals surface area contributed by atoms with E-state index in [-0.39, 0.29) is 25.0 Å². The number of nitrogens with zero attached hydrogens (tertiary/aromatic N) is 4. The Bertz CT molecular complexity index is 1090. The van der Waals surface area contributed by atoms with Crippen LogP contribution in [-0.4, -0.2) is 49.5 Å². The van der Waals surface area contributed by atoms with Crippen molar-refractivity contribution in [2.24, 2.45) is 0 Å². The average Bonchev–Trinajstić information content (AvgIpc) is 3.17. The Hall–Kier alpha value is -3.90. The van der Waals surface area contributed by atoms with E-state index in [1.165, 1.54) is 0 Å². The molecule has 3 rings (SSSR count). The highest BCUT2D eigenvalue weighted by atomic mass is 19.4. The number of ether oxygens (including phenoxy) is 2. The van der Waals surface area contributed by atoms with Crippen LogP contribution in [0.25, 0.3) is 11.4 Å². The molecule has 0 spiro atoms. The number of carboxylic acid groups (broad SMARTS) is 1. The summed E-state index contributed by atoms with van der Waals surface area (Å²) in [5.41, 5.74) is 1.11. The van der Waals surface area contributed by atoms with Gasteiger partial charge in [-0.05, 0) is 37.1 Å². The fraction of sp³-hybridized carbons (Fsp3) is 0.278. The van der Waals surface area contributed by atoms with Crippen molar-refractivity contribution in [3.05, 3.63) is 40.9 Å². The number of aromatic hydroxyl groups is 1. The fourth-order valence-corrected chi connectivity index (χ4v) is 2.62. The largest absolute Gasteiger partial charge is 0.493 e. The topological polar surface area (TPSA) is 141 Å². The van der Waals surface area contributed by atoms with Crippen LogP contribution in [0.1, 0.15) is 27.4 Å². The van der Waals surface area contributed by atoms with Crippen LogP contribution in [0.2, 0.25) is 0 Å². The van der Waals surface area contributed by atoms with Gasteiger partial charge in [0.15, 0.2) is 0 Å². The summed E-state index contributed by atoms with van der Waals surface area (Å²) in [4.78, 5) is 21.4. The van der Waals surface area contributed by atoms with Gasteiger partial charge in [0, 0.05) is 5.56 Å². The summed E-state index contributed by atoms with van der Waals surface area (Å²) in [6.07, 6.45) is -3.82. The van der Waals surface area contributed by atoms with Crippen LogP contribution in [-0.2, 0) is 6.18 Å². The molecule has 10 nitrogen and oxygen atoms in total. The number of carboxylic acids is 1. The smallest absolute Gasteiger partial charge is 0.471 e. The minimum atomic E-state index is -4.73. The highest BCUT2D eigenvalue weighted by Gasteiger charge is 2.38. The maximum atomic E-state index is 12.6. The van der Waals surface area contributed by atoms with Crippen LogP contribution < -0.4 is 9.47 Å². The summed E-state index contributed by atoms with van der Waals surface area (Å²) in [6.45, 7) is 3.42. The number of alkyl halides is 3. The molecule has 0 amide bonds. The van der Waals surface area contributed by atoms with Crippen molar-refractivity contribution in [3.8, 4) is 29.0 Å². The monoisotopic (exact) mass is 440 g/mol. The molecule has 0 aliphatic heterocycles. The number of aryl methyl sites for hydroxylation is 2. The van der Waals surface area contributed by atoms with Gasteiger partial charge in [-0.2, -0.15) is 23.1 Å². The van der Waals surface area contributed by atoms with Crippen LogP contribution in [0.4, 0.5) is 13.2 Å². The van der Waals surface area contributed by atoms with E-state index in [4.69, 9.17) is 14.6 Å². The quantitative estimate of drug-likeness (QED) is 0.527. The van der Waals surface area contributed by atoms with Gasteiger partial charge in [0.05, 0.1) is 6.20 Å². The first-order valence-corrected chi connectivity index (χ1v) is 8.63. The molecule has 0 saturated carbocycles. The number of halogens is 3. The van der Waals surface area contributed by atoms with Gasteiger partial charge < -0.3 is 24.2 Å². The minimum Gasteiger partial charge on any atom is -0.493 e. The second-order valence-electron chi connectivity index (χ2n) is 6.25. The van der Waals surface area contributed by atoms with Crippen molar-refractivity contribution in [1.82, 2.24) is 20.1 Å². The Morgan fingerprint density at radius 2 is 1.77 bits per heavy atom. The third kappa shape index (κ3) is 4.99. The second-order valence-corrected chi connectivity index (χ2v) is 6.25. The lowest BCUT2D eigenvalue weighted by atomic mass is 10.1. The molecule has 0 unspecified atom stereocenters. The first-order chi connectivity index (χ1) is 14.6. The van der Waals surface area contributed by atoms with Crippen molar-refractivity contribution >= 4 is 5.97 Å². The SMILES string of the molecule is Cc1cc(-c2noc(C(F)(F)F)n2)cc(C)c1OCCOc1ncc(C(=O)O)c(O)n1. The van der Waals surface area contributed by atoms with Crippen LogP contribution in [0, 0.1) is 13.8 Å². The molecule has 2 heterocycles. The van der Waals surface area contributed by atoms with Crippen molar-refractivity contribution in [2.75, 3.05) is 13.2 Å². The normalized spacial score (nSPS) is 11.4. The first kappa shape index (κ1) is 21.8. The van der Waals surface area contributed by atoms with E-state index >= 15 is 0 Å². The van der Waals surface area contributed by atoms with E-state index < -0.39 is 29.5 Å². The van der Waals surface area contributed by atoms with E-state index in [0.29, 0.717) is 22.4 Å². The maximum absolute atomic E-state index is 12.6. The number of aromatic nitrogens is 4. The molecule has 13 heteroatoms. The standard InChI is InChI=1S/C18H15F3N4O6/c1-8-5-10(13-23-16(31-25-13)18(19,20)21)6-9(2)12(8)29-3-4-30-17-22-7-11(15(27)28)14(26)24-17/h5-7H,3-4H2,1-2H3,(H,27,28)(H,22,24,26). The molecule has 3 aromatic rings. The summed E-state index contributed by atoms with van der Waals surface area (Å²) < 4.78 is 53.0. The zero-order chi connectivity index (χ0) is 22.8. The lowest BCUT2D eigenvalue weighted by Gasteiger charge is -2.13. The Balaban J connectivity index is 1.63. The maximum Gasteiger partial charge on any atom is 0.471 e. The minimum absolute atomic E-state index is 0.0216. The first-order valence-electron chi connectivity index (χ1n) is 8.63. The molecule has 164 valence electrons. The van der Waals surface area contributed by atoms with Gasteiger partial charge in [-0.15, -0.1) is 0 Å².